The summed E-state index contributed by atoms with van der Waals surface area (Å²) in [5.74, 6) is -0.214. The number of halogens is 3. The van der Waals surface area contributed by atoms with Gasteiger partial charge in [0.15, 0.2) is 0 Å². The van der Waals surface area contributed by atoms with E-state index in [9.17, 15) is 13.6 Å². The molecule has 1 aliphatic heterocycles. The number of fused-ring (bicyclic) bond motifs is 1. The first-order valence-corrected chi connectivity index (χ1v) is 10.5. The maximum absolute atomic E-state index is 13.6. The molecule has 0 fully saturated rings. The molecule has 32 heavy (non-hydrogen) atoms. The van der Waals surface area contributed by atoms with Crippen LogP contribution in [0.5, 0.6) is 0 Å². The van der Waals surface area contributed by atoms with Gasteiger partial charge in [0, 0.05) is 16.5 Å². The summed E-state index contributed by atoms with van der Waals surface area (Å²) in [7, 11) is 0. The predicted octanol–water partition coefficient (Wildman–Crippen LogP) is 0.559. The van der Waals surface area contributed by atoms with Crippen molar-refractivity contribution < 1.29 is 30.5 Å². The fraction of sp³-hybridized carbons (Fsp3) is 0.150. The van der Waals surface area contributed by atoms with Crippen molar-refractivity contribution in [3.05, 3.63) is 69.8 Å². The second-order valence-electron chi connectivity index (χ2n) is 6.99. The van der Waals surface area contributed by atoms with E-state index in [2.05, 4.69) is 4.98 Å². The first-order valence-electron chi connectivity index (χ1n) is 8.72. The van der Waals surface area contributed by atoms with Crippen molar-refractivity contribution in [1.82, 2.24) is 9.55 Å². The smallest absolute Gasteiger partial charge is 1.00 e. The quantitative estimate of drug-likeness (QED) is 0.341. The Morgan fingerprint density at radius 1 is 1.19 bits per heavy atom. The number of nitriles is 1. The molecule has 12 heteroatoms. The summed E-state index contributed by atoms with van der Waals surface area (Å²) in [6, 6.07) is 13.5. The molecular weight excluding hydrogens is 551 g/mol. The molecule has 7 nitrogen and oxygen atoms in total. The van der Waals surface area contributed by atoms with Gasteiger partial charge in [0.1, 0.15) is 10.6 Å². The van der Waals surface area contributed by atoms with Crippen molar-refractivity contribution in [2.45, 2.75) is 23.9 Å². The van der Waals surface area contributed by atoms with E-state index >= 15 is 0 Å². The van der Waals surface area contributed by atoms with Gasteiger partial charge in [-0.2, -0.15) is 5.26 Å². The van der Waals surface area contributed by atoms with Crippen molar-refractivity contribution in [2.24, 2.45) is 0 Å². The van der Waals surface area contributed by atoms with Gasteiger partial charge >= 0.3 is 23.1 Å². The van der Waals surface area contributed by atoms with Crippen LogP contribution < -0.4 is 21.9 Å². The van der Waals surface area contributed by atoms with Gasteiger partial charge in [-0.05, 0) is 53.9 Å². The van der Waals surface area contributed by atoms with Crippen LogP contribution in [0.2, 0.25) is 10.0 Å². The normalized spacial score (nSPS) is 17.7. The third-order valence-electron chi connectivity index (χ3n) is 4.98. The molecule has 0 radical (unpaired) electrons. The molecule has 0 bridgehead atoms. The van der Waals surface area contributed by atoms with Crippen LogP contribution in [-0.2, 0) is 27.8 Å². The van der Waals surface area contributed by atoms with Crippen molar-refractivity contribution in [1.29, 1.82) is 5.26 Å². The molecule has 0 aliphatic carbocycles. The van der Waals surface area contributed by atoms with Crippen LogP contribution >= 0.6 is 23.2 Å². The van der Waals surface area contributed by atoms with E-state index in [1.54, 1.807) is 43.3 Å². The molecule has 4 rings (SSSR count). The number of rotatable bonds is 4. The molecule has 2 unspecified atom stereocenters. The molecule has 1 aliphatic rings. The number of aromatic nitrogens is 2. The number of nitrogens with zero attached hydrogens (tertiary/aromatic N) is 4. The molecule has 1 amide bonds. The van der Waals surface area contributed by atoms with Crippen LogP contribution in [0.4, 0.5) is 11.6 Å². The number of hydrogen-bond donors (Lipinski definition) is 0. The summed E-state index contributed by atoms with van der Waals surface area (Å²) in [5.41, 5.74) is 0.361. The fourth-order valence-electron chi connectivity index (χ4n) is 3.64. The van der Waals surface area contributed by atoms with Gasteiger partial charge in [-0.1, -0.05) is 35.3 Å². The van der Waals surface area contributed by atoms with Crippen LogP contribution in [0.15, 0.2) is 53.7 Å². The van der Waals surface area contributed by atoms with Crippen LogP contribution in [-0.4, -0.2) is 47.3 Å². The topological polar surface area (TPSA) is 102 Å². The average molecular weight is 565 g/mol. The van der Waals surface area contributed by atoms with Crippen molar-refractivity contribution in [2.75, 3.05) is 4.90 Å². The molecule has 0 spiro atoms. The molecule has 2 aromatic carbocycles. The standard InChI is InChI=1S/C20H14Cl2N4O3S.BrH.Mg/c1-20(9-12-2-4-13(10-23)5-3-12)18(27)25(16-7-14(21)6-15(22)8-16)19-24-11-17(26(19)20)30(28)29;;/h2-8,11H,9H2,1H3,(H,28,29);1H;/q;;+2/p-2. The second-order valence-corrected chi connectivity index (χ2v) is 8.75. The zero-order chi connectivity index (χ0) is 21.6. The molecule has 2 atom stereocenters. The average Bonchev–Trinajstić information content (AvgIpc) is 3.21. The van der Waals surface area contributed by atoms with E-state index in [-0.39, 0.29) is 63.3 Å². The minimum Gasteiger partial charge on any atom is -1.00 e. The Kier molecular flexibility index (Phi) is 8.55. The Morgan fingerprint density at radius 2 is 1.78 bits per heavy atom. The summed E-state index contributed by atoms with van der Waals surface area (Å²) in [5, 5.41) is 9.55. The maximum Gasteiger partial charge on any atom is 2.00 e. The first-order chi connectivity index (χ1) is 14.2. The molecule has 3 aromatic rings. The van der Waals surface area contributed by atoms with E-state index in [4.69, 9.17) is 28.5 Å². The van der Waals surface area contributed by atoms with Crippen molar-refractivity contribution in [3.8, 4) is 6.07 Å². The molecule has 1 aromatic heterocycles. The SMILES string of the molecule is CC1(Cc2ccc(C#N)cc2)C(=O)N(c2cc(Cl)cc(Cl)c2)c2ncc(S(=O)[O-])n21.[Br-].[Mg+2]. The summed E-state index contributed by atoms with van der Waals surface area (Å²) in [4.78, 5) is 19.1. The fourth-order valence-corrected chi connectivity index (χ4v) is 4.73. The van der Waals surface area contributed by atoms with Crippen LogP contribution in [0.25, 0.3) is 0 Å². The number of carbonyl (C=O) groups is 1. The molecule has 160 valence electrons. The van der Waals surface area contributed by atoms with Crippen molar-refractivity contribution in [3.63, 3.8) is 0 Å². The zero-order valence-electron chi connectivity index (χ0n) is 16.6. The summed E-state index contributed by atoms with van der Waals surface area (Å²) in [6.07, 6.45) is 1.40. The van der Waals surface area contributed by atoms with Gasteiger partial charge in [0.25, 0.3) is 5.91 Å². The minimum atomic E-state index is -2.61. The van der Waals surface area contributed by atoms with E-state index in [1.165, 1.54) is 21.7 Å². The van der Waals surface area contributed by atoms with Crippen LogP contribution in [0, 0.1) is 11.3 Å². The Labute approximate surface area is 223 Å². The molecule has 0 saturated heterocycles. The van der Waals surface area contributed by atoms with Gasteiger partial charge in [0.05, 0.1) is 23.5 Å². The maximum atomic E-state index is 13.6. The molecule has 2 heterocycles. The second kappa shape index (κ2) is 10.2. The number of amides is 1. The summed E-state index contributed by atoms with van der Waals surface area (Å²) < 4.78 is 25.1. The molecule has 0 saturated carbocycles. The van der Waals surface area contributed by atoms with Gasteiger partial charge in [-0.25, -0.2) is 9.88 Å². The Morgan fingerprint density at radius 3 is 2.31 bits per heavy atom. The monoisotopic (exact) mass is 562 g/mol. The van der Waals surface area contributed by atoms with Gasteiger partial charge < -0.3 is 21.5 Å². The number of carbonyl (C=O) groups excluding carboxylic acids is 1. The van der Waals surface area contributed by atoms with E-state index in [0.29, 0.717) is 21.3 Å². The number of anilines is 2. The Balaban J connectivity index is 0.00000181. The minimum absolute atomic E-state index is 0. The third-order valence-corrected chi connectivity index (χ3v) is 6.04. The Bertz CT molecular complexity index is 1230. The predicted molar refractivity (Wildman–Crippen MR) is 117 cm³/mol. The Hall–Kier alpha value is -1.45. The van der Waals surface area contributed by atoms with E-state index in [0.717, 1.165) is 5.56 Å². The number of hydrogen-bond acceptors (Lipinski definition) is 5. The van der Waals surface area contributed by atoms with Gasteiger partial charge in [-0.15, -0.1) is 0 Å². The third kappa shape index (κ3) is 4.61. The molecular formula is C20H13BrCl2MgN4O3S. The van der Waals surface area contributed by atoms with Crippen molar-refractivity contribution >= 4 is 74.9 Å². The van der Waals surface area contributed by atoms with E-state index < -0.39 is 16.6 Å². The molecule has 0 N–H and O–H groups in total. The summed E-state index contributed by atoms with van der Waals surface area (Å²) >= 11 is 9.62. The van der Waals surface area contributed by atoms with Crippen LogP contribution in [0.3, 0.4) is 0 Å². The summed E-state index contributed by atoms with van der Waals surface area (Å²) in [6.45, 7) is 1.65. The van der Waals surface area contributed by atoms with Gasteiger partial charge in [0.2, 0.25) is 5.95 Å². The van der Waals surface area contributed by atoms with Crippen LogP contribution in [0.1, 0.15) is 18.1 Å². The van der Waals surface area contributed by atoms with E-state index in [1.807, 2.05) is 6.07 Å². The van der Waals surface area contributed by atoms with Gasteiger partial charge in [-0.3, -0.25) is 13.6 Å². The number of imidazole rings is 1. The zero-order valence-corrected chi connectivity index (χ0v) is 21.9. The number of benzene rings is 2. The largest absolute Gasteiger partial charge is 2.00 e. The first kappa shape index (κ1) is 26.8.